The maximum absolute atomic E-state index is 12.1. The minimum absolute atomic E-state index is 0.162. The maximum Gasteiger partial charge on any atom is 0.187 e. The maximum atomic E-state index is 12.1. The van der Waals surface area contributed by atoms with Gasteiger partial charge in [-0.15, -0.1) is 0 Å². The Labute approximate surface area is 134 Å². The minimum atomic E-state index is -0.162. The van der Waals surface area contributed by atoms with E-state index in [4.69, 9.17) is 27.9 Å². The summed E-state index contributed by atoms with van der Waals surface area (Å²) in [6.07, 6.45) is 3.23. The monoisotopic (exact) mass is 320 g/mol. The van der Waals surface area contributed by atoms with Crippen molar-refractivity contribution in [3.8, 4) is 5.75 Å². The summed E-state index contributed by atoms with van der Waals surface area (Å²) in [4.78, 5) is 12.1. The summed E-state index contributed by atoms with van der Waals surface area (Å²) in [7, 11) is 0. The normalized spacial score (nSPS) is 10.8. The first-order valence-corrected chi connectivity index (χ1v) is 7.26. The molecule has 0 amide bonds. The van der Waals surface area contributed by atoms with Gasteiger partial charge in [0.1, 0.15) is 5.75 Å². The van der Waals surface area contributed by atoms with Crippen LogP contribution >= 0.6 is 23.2 Å². The van der Waals surface area contributed by atoms with Crippen LogP contribution in [0.1, 0.15) is 22.8 Å². The van der Waals surface area contributed by atoms with Crippen molar-refractivity contribution < 1.29 is 9.53 Å². The first-order valence-electron chi connectivity index (χ1n) is 6.50. The van der Waals surface area contributed by atoms with E-state index < -0.39 is 0 Å². The van der Waals surface area contributed by atoms with Crippen LogP contribution in [0.2, 0.25) is 10.0 Å². The Hall–Kier alpha value is -1.77. The molecule has 2 rings (SSSR count). The van der Waals surface area contributed by atoms with Gasteiger partial charge in [-0.25, -0.2) is 0 Å². The highest BCUT2D eigenvalue weighted by molar-refractivity contribution is 6.37. The number of hydrogen-bond donors (Lipinski definition) is 0. The Morgan fingerprint density at radius 2 is 1.86 bits per heavy atom. The molecule has 0 saturated carbocycles. The molecular formula is C17H14Cl2O2. The molecule has 0 aromatic heterocycles. The molecule has 0 N–H and O–H groups in total. The first kappa shape index (κ1) is 15.6. The summed E-state index contributed by atoms with van der Waals surface area (Å²) < 4.78 is 5.36. The van der Waals surface area contributed by atoms with Crippen molar-refractivity contribution in [3.63, 3.8) is 0 Å². The van der Waals surface area contributed by atoms with Gasteiger partial charge >= 0.3 is 0 Å². The third-order valence-electron chi connectivity index (χ3n) is 2.81. The Morgan fingerprint density at radius 3 is 2.48 bits per heavy atom. The molecule has 0 aliphatic carbocycles. The van der Waals surface area contributed by atoms with Crippen molar-refractivity contribution in [3.05, 3.63) is 69.7 Å². The van der Waals surface area contributed by atoms with Crippen LogP contribution in [0.3, 0.4) is 0 Å². The third-order valence-corrected chi connectivity index (χ3v) is 3.36. The average Bonchev–Trinajstić information content (AvgIpc) is 2.46. The molecule has 0 spiro atoms. The molecule has 0 radical (unpaired) electrons. The molecule has 2 aromatic rings. The van der Waals surface area contributed by atoms with Gasteiger partial charge in [-0.2, -0.15) is 0 Å². The van der Waals surface area contributed by atoms with E-state index >= 15 is 0 Å². The minimum Gasteiger partial charge on any atom is -0.494 e. The van der Waals surface area contributed by atoms with Crippen LogP contribution < -0.4 is 4.74 Å². The number of ether oxygens (including phenoxy) is 1. The SMILES string of the molecule is CCOc1ccc(/C=C/C(=O)c2ccc(Cl)cc2Cl)cc1. The lowest BCUT2D eigenvalue weighted by molar-refractivity contribution is 0.104. The second kappa shape index (κ2) is 7.30. The van der Waals surface area contributed by atoms with Gasteiger partial charge in [-0.05, 0) is 48.9 Å². The van der Waals surface area contributed by atoms with Crippen LogP contribution in [-0.2, 0) is 0 Å². The Bertz CT molecular complexity index is 661. The van der Waals surface area contributed by atoms with Gasteiger partial charge in [0.15, 0.2) is 5.78 Å². The van der Waals surface area contributed by atoms with E-state index in [1.54, 1.807) is 24.3 Å². The molecule has 0 bridgehead atoms. The van der Waals surface area contributed by atoms with E-state index in [0.29, 0.717) is 22.2 Å². The summed E-state index contributed by atoms with van der Waals surface area (Å²) in [5, 5.41) is 0.857. The van der Waals surface area contributed by atoms with E-state index in [9.17, 15) is 4.79 Å². The van der Waals surface area contributed by atoms with Crippen molar-refractivity contribution >= 4 is 35.1 Å². The Morgan fingerprint density at radius 1 is 1.14 bits per heavy atom. The lowest BCUT2D eigenvalue weighted by Gasteiger charge is -2.02. The smallest absolute Gasteiger partial charge is 0.187 e. The van der Waals surface area contributed by atoms with E-state index in [2.05, 4.69) is 0 Å². The highest BCUT2D eigenvalue weighted by Crippen LogP contribution is 2.22. The lowest BCUT2D eigenvalue weighted by atomic mass is 10.1. The number of rotatable bonds is 5. The van der Waals surface area contributed by atoms with Gasteiger partial charge in [-0.3, -0.25) is 4.79 Å². The number of halogens is 2. The summed E-state index contributed by atoms with van der Waals surface area (Å²) in [5.74, 6) is 0.646. The van der Waals surface area contributed by atoms with E-state index in [1.165, 1.54) is 6.08 Å². The number of hydrogen-bond acceptors (Lipinski definition) is 2. The van der Waals surface area contributed by atoms with Crippen LogP contribution in [0.4, 0.5) is 0 Å². The molecule has 0 atom stereocenters. The van der Waals surface area contributed by atoms with Crippen LogP contribution in [0.5, 0.6) is 5.75 Å². The van der Waals surface area contributed by atoms with Crippen LogP contribution in [-0.4, -0.2) is 12.4 Å². The molecule has 0 saturated heterocycles. The lowest BCUT2D eigenvalue weighted by Crippen LogP contribution is -1.95. The summed E-state index contributed by atoms with van der Waals surface area (Å²) in [6.45, 7) is 2.56. The summed E-state index contributed by atoms with van der Waals surface area (Å²) in [6, 6.07) is 12.3. The predicted octanol–water partition coefficient (Wildman–Crippen LogP) is 5.29. The number of allylic oxidation sites excluding steroid dienone is 1. The fourth-order valence-corrected chi connectivity index (χ4v) is 2.29. The van der Waals surface area contributed by atoms with E-state index in [-0.39, 0.29) is 5.78 Å². The van der Waals surface area contributed by atoms with Crippen molar-refractivity contribution in [2.24, 2.45) is 0 Å². The van der Waals surface area contributed by atoms with E-state index in [0.717, 1.165) is 11.3 Å². The zero-order valence-corrected chi connectivity index (χ0v) is 13.0. The molecule has 0 aliphatic rings. The Balaban J connectivity index is 2.11. The Kier molecular flexibility index (Phi) is 5.43. The largest absolute Gasteiger partial charge is 0.494 e. The van der Waals surface area contributed by atoms with Gasteiger partial charge in [0.25, 0.3) is 0 Å². The van der Waals surface area contributed by atoms with Gasteiger partial charge in [0.2, 0.25) is 0 Å². The van der Waals surface area contributed by atoms with Gasteiger partial charge < -0.3 is 4.74 Å². The molecule has 0 unspecified atom stereocenters. The van der Waals surface area contributed by atoms with Crippen LogP contribution in [0, 0.1) is 0 Å². The molecule has 0 fully saturated rings. The molecule has 4 heteroatoms. The molecule has 0 heterocycles. The quantitative estimate of drug-likeness (QED) is 0.552. The zero-order valence-electron chi connectivity index (χ0n) is 11.5. The number of ketones is 1. The van der Waals surface area contributed by atoms with Gasteiger partial charge in [-0.1, -0.05) is 41.4 Å². The fraction of sp³-hybridized carbons (Fsp3) is 0.118. The highest BCUT2D eigenvalue weighted by atomic mass is 35.5. The molecule has 0 aliphatic heterocycles. The standard InChI is InChI=1S/C17H14Cl2O2/c1-2-21-14-7-3-12(4-8-14)5-10-17(20)15-9-6-13(18)11-16(15)19/h3-11H,2H2,1H3/b10-5+. The summed E-state index contributed by atoms with van der Waals surface area (Å²) in [5.41, 5.74) is 1.35. The highest BCUT2D eigenvalue weighted by Gasteiger charge is 2.07. The topological polar surface area (TPSA) is 26.3 Å². The van der Waals surface area contributed by atoms with Crippen LogP contribution in [0.15, 0.2) is 48.5 Å². The molecule has 2 nitrogen and oxygen atoms in total. The number of carbonyl (C=O) groups is 1. The average molecular weight is 321 g/mol. The van der Waals surface area contributed by atoms with Gasteiger partial charge in [0, 0.05) is 10.6 Å². The van der Waals surface area contributed by atoms with E-state index in [1.807, 2.05) is 31.2 Å². The molecule has 2 aromatic carbocycles. The second-order valence-corrected chi connectivity index (χ2v) is 5.17. The van der Waals surface area contributed by atoms with Crippen LogP contribution in [0.25, 0.3) is 6.08 Å². The zero-order chi connectivity index (χ0) is 15.2. The third kappa shape index (κ3) is 4.35. The van der Waals surface area contributed by atoms with Crippen molar-refractivity contribution in [1.82, 2.24) is 0 Å². The summed E-state index contributed by atoms with van der Waals surface area (Å²) >= 11 is 11.8. The number of carbonyl (C=O) groups excluding carboxylic acids is 1. The number of benzene rings is 2. The first-order chi connectivity index (χ1) is 10.1. The molecular weight excluding hydrogens is 307 g/mol. The second-order valence-electron chi connectivity index (χ2n) is 4.32. The predicted molar refractivity (Wildman–Crippen MR) is 87.4 cm³/mol. The van der Waals surface area contributed by atoms with Crippen molar-refractivity contribution in [1.29, 1.82) is 0 Å². The molecule has 108 valence electrons. The van der Waals surface area contributed by atoms with Crippen molar-refractivity contribution in [2.75, 3.05) is 6.61 Å². The fourth-order valence-electron chi connectivity index (χ4n) is 1.79. The molecule has 21 heavy (non-hydrogen) atoms. The van der Waals surface area contributed by atoms with Crippen molar-refractivity contribution in [2.45, 2.75) is 6.92 Å². The van der Waals surface area contributed by atoms with Gasteiger partial charge in [0.05, 0.1) is 11.6 Å².